The van der Waals surface area contributed by atoms with Crippen LogP contribution in [-0.2, 0) is 16.0 Å². The lowest BCUT2D eigenvalue weighted by atomic mass is 10.1. The van der Waals surface area contributed by atoms with Crippen LogP contribution >= 0.6 is 15.9 Å². The summed E-state index contributed by atoms with van der Waals surface area (Å²) in [5.74, 6) is 1.00. The van der Waals surface area contributed by atoms with Gasteiger partial charge >= 0.3 is 5.97 Å². The van der Waals surface area contributed by atoms with E-state index in [0.717, 1.165) is 16.5 Å². The largest absolute Gasteiger partial charge is 0.490 e. The van der Waals surface area contributed by atoms with E-state index in [0.29, 0.717) is 46.8 Å². The maximum atomic E-state index is 13.4. The number of aromatic nitrogens is 2. The molecule has 190 valence electrons. The molecule has 1 aromatic heterocycles. The van der Waals surface area contributed by atoms with Crippen molar-refractivity contribution < 1.29 is 19.0 Å². The molecule has 0 N–H and O–H groups in total. The van der Waals surface area contributed by atoms with Crippen LogP contribution in [0.25, 0.3) is 10.9 Å². The molecule has 0 aliphatic heterocycles. The SMILES string of the molecule is C=CCc1cc(C=Nn2c([C@H](C)CC)nc3ccc(Br)cc3c2=O)cc(OCC)c1OCC(=O)OC. The molecule has 0 saturated heterocycles. The van der Waals surface area contributed by atoms with Gasteiger partial charge in [0.15, 0.2) is 18.1 Å². The normalized spacial score (nSPS) is 12.0. The first-order valence-corrected chi connectivity index (χ1v) is 12.5. The molecule has 0 saturated carbocycles. The van der Waals surface area contributed by atoms with Gasteiger partial charge in [0.05, 0.1) is 30.8 Å². The predicted octanol–water partition coefficient (Wildman–Crippen LogP) is 5.23. The molecule has 0 fully saturated rings. The van der Waals surface area contributed by atoms with Crippen LogP contribution in [0.15, 0.2) is 57.4 Å². The number of carbonyl (C=O) groups excluding carboxylic acids is 1. The van der Waals surface area contributed by atoms with Gasteiger partial charge in [0, 0.05) is 16.0 Å². The summed E-state index contributed by atoms with van der Waals surface area (Å²) < 4.78 is 18.4. The number of allylic oxidation sites excluding steroid dienone is 1. The van der Waals surface area contributed by atoms with Crippen molar-refractivity contribution >= 4 is 39.0 Å². The highest BCUT2D eigenvalue weighted by Gasteiger charge is 2.17. The molecular weight excluding hydrogens is 526 g/mol. The van der Waals surface area contributed by atoms with Gasteiger partial charge in [-0.25, -0.2) is 9.78 Å². The van der Waals surface area contributed by atoms with Crippen molar-refractivity contribution in [1.29, 1.82) is 0 Å². The van der Waals surface area contributed by atoms with E-state index in [-0.39, 0.29) is 18.1 Å². The van der Waals surface area contributed by atoms with Gasteiger partial charge in [-0.05, 0) is 55.7 Å². The fourth-order valence-electron chi connectivity index (χ4n) is 3.59. The Bertz CT molecular complexity index is 1350. The van der Waals surface area contributed by atoms with Crippen molar-refractivity contribution in [1.82, 2.24) is 9.66 Å². The number of fused-ring (bicyclic) bond motifs is 1. The van der Waals surface area contributed by atoms with Crippen LogP contribution in [0.5, 0.6) is 11.5 Å². The lowest BCUT2D eigenvalue weighted by Gasteiger charge is -2.16. The van der Waals surface area contributed by atoms with E-state index in [1.165, 1.54) is 11.8 Å². The van der Waals surface area contributed by atoms with Gasteiger partial charge in [0.2, 0.25) is 0 Å². The summed E-state index contributed by atoms with van der Waals surface area (Å²) in [7, 11) is 1.30. The fraction of sp³-hybridized carbons (Fsp3) is 0.333. The zero-order valence-corrected chi connectivity index (χ0v) is 22.5. The molecule has 1 heterocycles. The van der Waals surface area contributed by atoms with Gasteiger partial charge in [-0.1, -0.05) is 35.9 Å². The molecule has 2 aromatic carbocycles. The highest BCUT2D eigenvalue weighted by Crippen LogP contribution is 2.34. The zero-order chi connectivity index (χ0) is 26.2. The monoisotopic (exact) mass is 555 g/mol. The number of ether oxygens (including phenoxy) is 3. The standard InChI is InChI=1S/C27H30BrN3O5/c1-6-9-19-12-18(13-23(35-8-3)25(19)36-16-24(32)34-5)15-29-31-26(17(4)7-2)30-22-11-10-20(28)14-21(22)27(31)33/h6,10-15,17H,1,7-9,16H2,2-5H3/t17-/m1/s1. The van der Waals surface area contributed by atoms with Crippen LogP contribution in [0, 0.1) is 0 Å². The van der Waals surface area contributed by atoms with Gasteiger partial charge in [0.1, 0.15) is 5.82 Å². The number of esters is 1. The zero-order valence-electron chi connectivity index (χ0n) is 20.9. The Morgan fingerprint density at radius 2 is 2.03 bits per heavy atom. The van der Waals surface area contributed by atoms with Crippen LogP contribution < -0.4 is 15.0 Å². The molecule has 36 heavy (non-hydrogen) atoms. The first-order valence-electron chi connectivity index (χ1n) is 11.7. The maximum Gasteiger partial charge on any atom is 0.343 e. The van der Waals surface area contributed by atoms with Gasteiger partial charge in [-0.15, -0.1) is 6.58 Å². The Labute approximate surface area is 218 Å². The molecule has 8 nitrogen and oxygen atoms in total. The van der Waals surface area contributed by atoms with Crippen LogP contribution in [0.1, 0.15) is 50.1 Å². The number of methoxy groups -OCH3 is 1. The third-order valence-electron chi connectivity index (χ3n) is 5.59. The van der Waals surface area contributed by atoms with Crippen LogP contribution in [0.2, 0.25) is 0 Å². The number of carbonyl (C=O) groups is 1. The van der Waals surface area contributed by atoms with Gasteiger partial charge in [-0.2, -0.15) is 9.78 Å². The highest BCUT2D eigenvalue weighted by atomic mass is 79.9. The Kier molecular flexibility index (Phi) is 9.41. The fourth-order valence-corrected chi connectivity index (χ4v) is 3.95. The quantitative estimate of drug-likeness (QED) is 0.182. The highest BCUT2D eigenvalue weighted by molar-refractivity contribution is 9.10. The van der Waals surface area contributed by atoms with E-state index < -0.39 is 5.97 Å². The van der Waals surface area contributed by atoms with Gasteiger partial charge < -0.3 is 14.2 Å². The van der Waals surface area contributed by atoms with Crippen LogP contribution in [0.3, 0.4) is 0 Å². The first kappa shape index (κ1) is 27.1. The van der Waals surface area contributed by atoms with Crippen molar-refractivity contribution in [3.63, 3.8) is 0 Å². The van der Waals surface area contributed by atoms with Crippen molar-refractivity contribution in [2.24, 2.45) is 5.10 Å². The van der Waals surface area contributed by atoms with Crippen molar-refractivity contribution in [2.75, 3.05) is 20.3 Å². The second-order valence-electron chi connectivity index (χ2n) is 8.10. The number of benzene rings is 2. The summed E-state index contributed by atoms with van der Waals surface area (Å²) in [4.78, 5) is 29.8. The first-order chi connectivity index (χ1) is 17.3. The summed E-state index contributed by atoms with van der Waals surface area (Å²) in [6, 6.07) is 9.05. The molecule has 0 radical (unpaired) electrons. The van der Waals surface area contributed by atoms with E-state index in [2.05, 4.69) is 32.3 Å². The molecule has 1 atom stereocenters. The molecule has 0 spiro atoms. The van der Waals surface area contributed by atoms with Gasteiger partial charge in [-0.3, -0.25) is 4.79 Å². The second-order valence-corrected chi connectivity index (χ2v) is 9.02. The number of hydrogen-bond acceptors (Lipinski definition) is 7. The Hall–Kier alpha value is -3.46. The summed E-state index contributed by atoms with van der Waals surface area (Å²) >= 11 is 3.43. The summed E-state index contributed by atoms with van der Waals surface area (Å²) in [5, 5.41) is 5.02. The lowest BCUT2D eigenvalue weighted by Crippen LogP contribution is -2.23. The number of halogens is 1. The molecule has 0 aliphatic carbocycles. The number of hydrogen-bond donors (Lipinski definition) is 0. The molecule has 0 amide bonds. The van der Waals surface area contributed by atoms with E-state index >= 15 is 0 Å². The van der Waals surface area contributed by atoms with Crippen LogP contribution in [0.4, 0.5) is 0 Å². The van der Waals surface area contributed by atoms with Crippen molar-refractivity contribution in [2.45, 2.75) is 39.5 Å². The third kappa shape index (κ3) is 6.20. The van der Waals surface area contributed by atoms with Crippen molar-refractivity contribution in [3.8, 4) is 11.5 Å². The molecule has 9 heteroatoms. The second kappa shape index (κ2) is 12.5. The molecule has 3 rings (SSSR count). The third-order valence-corrected chi connectivity index (χ3v) is 6.08. The topological polar surface area (TPSA) is 92.0 Å². The van der Waals surface area contributed by atoms with E-state index in [1.807, 2.05) is 39.0 Å². The summed E-state index contributed by atoms with van der Waals surface area (Å²) in [6.07, 6.45) is 4.60. The van der Waals surface area contributed by atoms with E-state index in [1.54, 1.807) is 24.4 Å². The molecule has 0 aliphatic rings. The summed E-state index contributed by atoms with van der Waals surface area (Å²) in [6.45, 7) is 9.87. The van der Waals surface area contributed by atoms with Crippen molar-refractivity contribution in [3.05, 3.63) is 74.8 Å². The molecular formula is C27H30BrN3O5. The Morgan fingerprint density at radius 1 is 1.25 bits per heavy atom. The van der Waals surface area contributed by atoms with Gasteiger partial charge in [0.25, 0.3) is 5.56 Å². The minimum absolute atomic E-state index is 0.0207. The predicted molar refractivity (Wildman–Crippen MR) is 144 cm³/mol. The Morgan fingerprint density at radius 3 is 2.69 bits per heavy atom. The average Bonchev–Trinajstić information content (AvgIpc) is 2.87. The lowest BCUT2D eigenvalue weighted by molar-refractivity contribution is -0.142. The van der Waals surface area contributed by atoms with E-state index in [4.69, 9.17) is 14.5 Å². The minimum Gasteiger partial charge on any atom is -0.490 e. The average molecular weight is 556 g/mol. The summed E-state index contributed by atoms with van der Waals surface area (Å²) in [5.41, 5.74) is 1.83. The smallest absolute Gasteiger partial charge is 0.343 e. The molecule has 0 bridgehead atoms. The number of nitrogens with zero attached hydrogens (tertiary/aromatic N) is 3. The Balaban J connectivity index is 2.13. The minimum atomic E-state index is -0.500. The van der Waals surface area contributed by atoms with E-state index in [9.17, 15) is 9.59 Å². The maximum absolute atomic E-state index is 13.4. The van der Waals surface area contributed by atoms with Crippen LogP contribution in [-0.4, -0.2) is 42.2 Å². The molecule has 0 unspecified atom stereocenters. The molecule has 3 aromatic rings. The number of rotatable bonds is 11.